The van der Waals surface area contributed by atoms with Crippen LogP contribution in [0, 0.1) is 0 Å². The average molecular weight is 591 g/mol. The van der Waals surface area contributed by atoms with Crippen molar-refractivity contribution in [1.29, 1.82) is 0 Å². The second kappa shape index (κ2) is 15.0. The molecule has 0 spiro atoms. The summed E-state index contributed by atoms with van der Waals surface area (Å²) in [6, 6.07) is 12.0. The number of hydrogen-bond acceptors (Lipinski definition) is 9. The molecule has 12 heteroatoms. The molecule has 1 atom stereocenters. The van der Waals surface area contributed by atoms with Gasteiger partial charge in [0, 0.05) is 43.5 Å². The molecule has 0 aliphatic carbocycles. The van der Waals surface area contributed by atoms with Crippen LogP contribution in [0.5, 0.6) is 5.75 Å². The summed E-state index contributed by atoms with van der Waals surface area (Å²) in [5.74, 6) is -0.809. The van der Waals surface area contributed by atoms with E-state index in [1.54, 1.807) is 30.0 Å². The Morgan fingerprint density at radius 2 is 1.80 bits per heavy atom. The summed E-state index contributed by atoms with van der Waals surface area (Å²) < 4.78 is 30.3. The zero-order valence-corrected chi connectivity index (χ0v) is 24.8. The zero-order chi connectivity index (χ0) is 30.0. The Morgan fingerprint density at radius 3 is 2.41 bits per heavy atom. The molecular formula is C29H42N4O7S. The van der Waals surface area contributed by atoms with Crippen molar-refractivity contribution in [2.24, 2.45) is 0 Å². The maximum Gasteiger partial charge on any atom is 0.325 e. The highest BCUT2D eigenvalue weighted by atomic mass is 32.2. The number of carbonyl (C=O) groups is 2. The van der Waals surface area contributed by atoms with Crippen LogP contribution in [0.3, 0.4) is 0 Å². The number of unbranched alkanes of at least 4 members (excludes halogenated alkanes) is 1. The number of phenols is 1. The highest BCUT2D eigenvalue weighted by molar-refractivity contribution is 7.92. The second-order valence-corrected chi connectivity index (χ2v) is 12.0. The first-order valence-corrected chi connectivity index (χ1v) is 15.9. The monoisotopic (exact) mass is 590 g/mol. The molecule has 4 N–H and O–H groups in total. The molecule has 1 heterocycles. The van der Waals surface area contributed by atoms with E-state index in [0.29, 0.717) is 17.7 Å². The van der Waals surface area contributed by atoms with Crippen LogP contribution in [0.1, 0.15) is 61.6 Å². The fourth-order valence-electron chi connectivity index (χ4n) is 4.74. The number of hydrogen-bond donors (Lipinski definition) is 4. The van der Waals surface area contributed by atoms with Gasteiger partial charge in [-0.05, 0) is 68.1 Å². The molecule has 0 unspecified atom stereocenters. The van der Waals surface area contributed by atoms with Crippen LogP contribution < -0.4 is 14.9 Å². The summed E-state index contributed by atoms with van der Waals surface area (Å²) in [7, 11) is -3.57. The molecule has 2 aromatic carbocycles. The number of amides is 1. The van der Waals surface area contributed by atoms with Gasteiger partial charge in [0.15, 0.2) is 0 Å². The zero-order valence-electron chi connectivity index (χ0n) is 24.0. The fourth-order valence-corrected chi connectivity index (χ4v) is 5.30. The molecule has 11 nitrogen and oxygen atoms in total. The summed E-state index contributed by atoms with van der Waals surface area (Å²) in [6.07, 6.45) is 3.55. The summed E-state index contributed by atoms with van der Waals surface area (Å²) in [5.41, 5.74) is 2.06. The molecule has 0 radical (unpaired) electrons. The Balaban J connectivity index is 1.51. The maximum atomic E-state index is 13.1. The van der Waals surface area contributed by atoms with Crippen molar-refractivity contribution < 1.29 is 33.0 Å². The molecule has 1 amide bonds. The number of anilines is 2. The fraction of sp³-hybridized carbons (Fsp3) is 0.517. The Labute approximate surface area is 242 Å². The smallest absolute Gasteiger partial charge is 0.325 e. The lowest BCUT2D eigenvalue weighted by molar-refractivity contribution is -0.143. The number of sulfonamides is 1. The van der Waals surface area contributed by atoms with E-state index < -0.39 is 22.1 Å². The van der Waals surface area contributed by atoms with Gasteiger partial charge in [0.1, 0.15) is 12.3 Å². The third-order valence-electron chi connectivity index (χ3n) is 6.97. The van der Waals surface area contributed by atoms with Crippen LogP contribution in [0.2, 0.25) is 0 Å². The van der Waals surface area contributed by atoms with E-state index in [1.165, 1.54) is 12.1 Å². The van der Waals surface area contributed by atoms with Crippen molar-refractivity contribution in [1.82, 2.24) is 10.2 Å². The van der Waals surface area contributed by atoms with Crippen molar-refractivity contribution in [2.75, 3.05) is 55.2 Å². The highest BCUT2D eigenvalue weighted by Crippen LogP contribution is 2.28. The van der Waals surface area contributed by atoms with Crippen molar-refractivity contribution >= 4 is 33.3 Å². The number of nitrogens with one attached hydrogen (secondary N) is 2. The SMILES string of the molecule is CCCCN(CC(=O)OCC)C(=O)c1ccc(N2CCC(NC[C@@H](O)c3ccc(O)c(NS(C)(=O)=O)c3)CC2)cc1. The molecule has 2 aromatic rings. The first kappa shape index (κ1) is 32.2. The van der Waals surface area contributed by atoms with E-state index in [4.69, 9.17) is 4.74 Å². The van der Waals surface area contributed by atoms with E-state index in [2.05, 4.69) is 14.9 Å². The first-order valence-electron chi connectivity index (χ1n) is 14.0. The number of piperidine rings is 1. The van der Waals surface area contributed by atoms with Gasteiger partial charge in [-0.25, -0.2) is 8.42 Å². The van der Waals surface area contributed by atoms with Gasteiger partial charge < -0.3 is 30.1 Å². The Hall–Kier alpha value is -3.35. The molecule has 1 fully saturated rings. The molecule has 1 aliphatic heterocycles. The first-order chi connectivity index (χ1) is 19.5. The molecular weight excluding hydrogens is 548 g/mol. The van der Waals surface area contributed by atoms with Crippen molar-refractivity contribution in [3.05, 3.63) is 53.6 Å². The van der Waals surface area contributed by atoms with E-state index in [0.717, 1.165) is 50.7 Å². The second-order valence-electron chi connectivity index (χ2n) is 10.3. The number of esters is 1. The van der Waals surface area contributed by atoms with Gasteiger partial charge in [-0.2, -0.15) is 0 Å². The number of aromatic hydroxyl groups is 1. The minimum Gasteiger partial charge on any atom is -0.506 e. The Bertz CT molecular complexity index is 1260. The number of benzene rings is 2. The van der Waals surface area contributed by atoms with Crippen molar-refractivity contribution in [3.63, 3.8) is 0 Å². The van der Waals surface area contributed by atoms with E-state index >= 15 is 0 Å². The van der Waals surface area contributed by atoms with E-state index in [1.807, 2.05) is 19.1 Å². The van der Waals surface area contributed by atoms with Crippen LogP contribution in [0.15, 0.2) is 42.5 Å². The number of nitrogens with zero attached hydrogens (tertiary/aromatic N) is 2. The maximum absolute atomic E-state index is 13.1. The van der Waals surface area contributed by atoms with Gasteiger partial charge in [0.05, 0.1) is 24.7 Å². The quantitative estimate of drug-likeness (QED) is 0.193. The Morgan fingerprint density at radius 1 is 1.12 bits per heavy atom. The number of aliphatic hydroxyl groups excluding tert-OH is 1. The standard InChI is InChI=1S/C29H42N4O7S/c1-4-6-15-33(20-28(36)40-5-2)29(37)21-7-10-24(11-8-21)32-16-13-23(14-17-32)30-19-27(35)22-9-12-26(34)25(18-22)31-41(3,38)39/h7-12,18,23,27,30-31,34-35H,4-6,13-17,19-20H2,1-3H3/t27-/m1/s1. The molecule has 3 rings (SSSR count). The highest BCUT2D eigenvalue weighted by Gasteiger charge is 2.23. The molecule has 0 bridgehead atoms. The van der Waals surface area contributed by atoms with E-state index in [-0.39, 0.29) is 43.1 Å². The number of carbonyl (C=O) groups excluding carboxylic acids is 2. The third kappa shape index (κ3) is 9.91. The number of phenolic OH excluding ortho intramolecular Hbond substituents is 1. The number of ether oxygens (including phenoxy) is 1. The van der Waals surface area contributed by atoms with Crippen LogP contribution in [0.25, 0.3) is 0 Å². The van der Waals surface area contributed by atoms with Gasteiger partial charge in [-0.15, -0.1) is 0 Å². The summed E-state index contributed by atoms with van der Waals surface area (Å²) >= 11 is 0. The molecule has 0 aromatic heterocycles. The molecule has 226 valence electrons. The normalized spacial score (nSPS) is 14.9. The summed E-state index contributed by atoms with van der Waals surface area (Å²) in [4.78, 5) is 28.9. The molecule has 1 saturated heterocycles. The minimum atomic E-state index is -3.57. The van der Waals surface area contributed by atoms with E-state index in [9.17, 15) is 28.2 Å². The van der Waals surface area contributed by atoms with Gasteiger partial charge >= 0.3 is 5.97 Å². The van der Waals surface area contributed by atoms with Crippen LogP contribution in [-0.2, 0) is 19.6 Å². The lowest BCUT2D eigenvalue weighted by Gasteiger charge is -2.34. The predicted molar refractivity (Wildman–Crippen MR) is 159 cm³/mol. The third-order valence-corrected chi connectivity index (χ3v) is 7.56. The summed E-state index contributed by atoms with van der Waals surface area (Å²) in [6.45, 7) is 6.38. The number of aliphatic hydroxyl groups is 1. The number of rotatable bonds is 14. The molecule has 0 saturated carbocycles. The van der Waals surface area contributed by atoms with Crippen molar-refractivity contribution in [3.8, 4) is 5.75 Å². The van der Waals surface area contributed by atoms with Crippen molar-refractivity contribution in [2.45, 2.75) is 51.7 Å². The van der Waals surface area contributed by atoms with Gasteiger partial charge in [0.25, 0.3) is 5.91 Å². The molecule has 41 heavy (non-hydrogen) atoms. The van der Waals surface area contributed by atoms with Crippen LogP contribution in [0.4, 0.5) is 11.4 Å². The largest absolute Gasteiger partial charge is 0.506 e. The van der Waals surface area contributed by atoms with Gasteiger partial charge in [0.2, 0.25) is 10.0 Å². The topological polar surface area (TPSA) is 149 Å². The van der Waals surface area contributed by atoms with Crippen LogP contribution in [-0.4, -0.2) is 87.0 Å². The predicted octanol–water partition coefficient (Wildman–Crippen LogP) is 2.86. The molecule has 1 aliphatic rings. The lowest BCUT2D eigenvalue weighted by atomic mass is 10.0. The van der Waals surface area contributed by atoms with Gasteiger partial charge in [-0.1, -0.05) is 19.4 Å². The van der Waals surface area contributed by atoms with Crippen LogP contribution >= 0.6 is 0 Å². The lowest BCUT2D eigenvalue weighted by Crippen LogP contribution is -2.43. The average Bonchev–Trinajstić information content (AvgIpc) is 2.94. The Kier molecular flexibility index (Phi) is 11.8. The van der Waals surface area contributed by atoms with Gasteiger partial charge in [-0.3, -0.25) is 14.3 Å². The summed E-state index contributed by atoms with van der Waals surface area (Å²) in [5, 5.41) is 23.9. The minimum absolute atomic E-state index is 0.0257.